The summed E-state index contributed by atoms with van der Waals surface area (Å²) in [7, 11) is 0. The molecule has 2 aromatic heterocycles. The summed E-state index contributed by atoms with van der Waals surface area (Å²) >= 11 is 0. The van der Waals surface area contributed by atoms with Crippen molar-refractivity contribution in [3.63, 3.8) is 0 Å². The van der Waals surface area contributed by atoms with Gasteiger partial charge in [-0.3, -0.25) is 4.79 Å². The van der Waals surface area contributed by atoms with E-state index in [1.165, 1.54) is 32.1 Å². The van der Waals surface area contributed by atoms with E-state index in [0.29, 0.717) is 24.2 Å². The van der Waals surface area contributed by atoms with Crippen molar-refractivity contribution in [1.82, 2.24) is 29.4 Å². The molecule has 0 N–H and O–H groups in total. The van der Waals surface area contributed by atoms with Gasteiger partial charge in [0.25, 0.3) is 11.6 Å². The topological polar surface area (TPSA) is 66.6 Å². The Balaban J connectivity index is 1.36. The quantitative estimate of drug-likeness (QED) is 0.671. The molecule has 2 aromatic rings. The number of fused-ring (bicyclic) bond motifs is 1. The van der Waals surface area contributed by atoms with Gasteiger partial charge in [-0.05, 0) is 57.6 Å². The lowest BCUT2D eigenvalue weighted by molar-refractivity contribution is -0.144. The summed E-state index contributed by atoms with van der Waals surface area (Å²) in [5, 5.41) is 3.59. The van der Waals surface area contributed by atoms with Gasteiger partial charge in [-0.2, -0.15) is 18.2 Å². The number of hydrogen-bond donors (Lipinski definition) is 0. The first-order valence-corrected chi connectivity index (χ1v) is 12.0. The number of alkyl halides is 3. The van der Waals surface area contributed by atoms with Gasteiger partial charge in [0.05, 0.1) is 0 Å². The molecular formula is C23H33F3N6O. The number of carbonyl (C=O) groups excluding carboxylic acids is 1. The fourth-order valence-corrected chi connectivity index (χ4v) is 5.22. The van der Waals surface area contributed by atoms with E-state index in [4.69, 9.17) is 0 Å². The van der Waals surface area contributed by atoms with Crippen LogP contribution in [-0.2, 0) is 17.4 Å². The van der Waals surface area contributed by atoms with Crippen molar-refractivity contribution in [3.8, 4) is 0 Å². The third kappa shape index (κ3) is 5.65. The maximum absolute atomic E-state index is 13.0. The molecule has 7 nitrogen and oxygen atoms in total. The highest BCUT2D eigenvalue weighted by atomic mass is 19.4. The molecule has 1 aliphatic heterocycles. The van der Waals surface area contributed by atoms with Crippen molar-refractivity contribution in [3.05, 3.63) is 22.8 Å². The van der Waals surface area contributed by atoms with Crippen LogP contribution >= 0.6 is 0 Å². The highest BCUT2D eigenvalue weighted by Crippen LogP contribution is 2.27. The van der Waals surface area contributed by atoms with Crippen molar-refractivity contribution in [2.75, 3.05) is 32.7 Å². The minimum absolute atomic E-state index is 0.0713. The average molecular weight is 467 g/mol. The molecule has 2 aliphatic rings. The van der Waals surface area contributed by atoms with E-state index in [1.807, 2.05) is 4.90 Å². The zero-order valence-corrected chi connectivity index (χ0v) is 19.5. The molecule has 10 heteroatoms. The molecule has 1 amide bonds. The van der Waals surface area contributed by atoms with E-state index < -0.39 is 12.0 Å². The smallest absolute Gasteiger partial charge is 0.341 e. The Morgan fingerprint density at radius 1 is 1.00 bits per heavy atom. The van der Waals surface area contributed by atoms with Crippen LogP contribution in [0, 0.1) is 19.8 Å². The standard InChI is InChI=1S/C23H33F3N6O/c1-16-19(17(2)32-22(27-16)28-21(29-32)23(24,25)26)9-10-20(33)31-12-6-11-30(13-14-31)15-18-7-4-3-5-8-18/h18H,3-15H2,1-2H3. The molecule has 1 aliphatic carbocycles. The molecule has 1 saturated heterocycles. The summed E-state index contributed by atoms with van der Waals surface area (Å²) < 4.78 is 40.1. The van der Waals surface area contributed by atoms with Crippen molar-refractivity contribution >= 4 is 11.7 Å². The summed E-state index contributed by atoms with van der Waals surface area (Å²) in [5.41, 5.74) is 1.88. The average Bonchev–Trinajstić information content (AvgIpc) is 3.07. The molecule has 182 valence electrons. The number of nitrogens with zero attached hydrogens (tertiary/aromatic N) is 6. The van der Waals surface area contributed by atoms with Gasteiger partial charge in [0.15, 0.2) is 0 Å². The van der Waals surface area contributed by atoms with Gasteiger partial charge in [-0.15, -0.1) is 5.10 Å². The first-order chi connectivity index (χ1) is 15.7. The number of amides is 1. The van der Waals surface area contributed by atoms with Crippen LogP contribution in [0.25, 0.3) is 5.78 Å². The highest BCUT2D eigenvalue weighted by Gasteiger charge is 2.37. The maximum atomic E-state index is 13.0. The van der Waals surface area contributed by atoms with Gasteiger partial charge in [0, 0.05) is 44.0 Å². The monoisotopic (exact) mass is 466 g/mol. The fourth-order valence-electron chi connectivity index (χ4n) is 5.22. The van der Waals surface area contributed by atoms with Gasteiger partial charge >= 0.3 is 6.18 Å². The number of aromatic nitrogens is 4. The minimum Gasteiger partial charge on any atom is -0.341 e. The molecule has 0 atom stereocenters. The second-order valence-electron chi connectivity index (χ2n) is 9.45. The van der Waals surface area contributed by atoms with Gasteiger partial charge in [0.2, 0.25) is 5.91 Å². The molecule has 3 heterocycles. The largest absolute Gasteiger partial charge is 0.453 e. The van der Waals surface area contributed by atoms with Crippen LogP contribution in [-0.4, -0.2) is 68.0 Å². The molecule has 0 spiro atoms. The van der Waals surface area contributed by atoms with Gasteiger partial charge in [-0.1, -0.05) is 19.3 Å². The Morgan fingerprint density at radius 3 is 2.48 bits per heavy atom. The van der Waals surface area contributed by atoms with Crippen molar-refractivity contribution in [2.24, 2.45) is 5.92 Å². The van der Waals surface area contributed by atoms with Crippen LogP contribution < -0.4 is 0 Å². The molecule has 0 radical (unpaired) electrons. The Kier molecular flexibility index (Phi) is 7.21. The van der Waals surface area contributed by atoms with Crippen molar-refractivity contribution < 1.29 is 18.0 Å². The van der Waals surface area contributed by atoms with Gasteiger partial charge in [-0.25, -0.2) is 9.50 Å². The first-order valence-electron chi connectivity index (χ1n) is 12.0. The fraction of sp³-hybridized carbons (Fsp3) is 0.739. The maximum Gasteiger partial charge on any atom is 0.453 e. The van der Waals surface area contributed by atoms with Gasteiger partial charge in [0.1, 0.15) is 0 Å². The number of rotatable bonds is 5. The van der Waals surface area contributed by atoms with E-state index >= 15 is 0 Å². The van der Waals surface area contributed by atoms with E-state index in [0.717, 1.165) is 55.1 Å². The lowest BCUT2D eigenvalue weighted by atomic mass is 9.89. The number of hydrogen-bond acceptors (Lipinski definition) is 5. The van der Waals surface area contributed by atoms with Crippen LogP contribution in [0.4, 0.5) is 13.2 Å². The molecule has 1 saturated carbocycles. The molecule has 33 heavy (non-hydrogen) atoms. The zero-order valence-electron chi connectivity index (χ0n) is 19.5. The highest BCUT2D eigenvalue weighted by molar-refractivity contribution is 5.76. The van der Waals surface area contributed by atoms with E-state index in [2.05, 4.69) is 20.0 Å². The third-order valence-corrected chi connectivity index (χ3v) is 7.07. The van der Waals surface area contributed by atoms with E-state index in [-0.39, 0.29) is 11.7 Å². The van der Waals surface area contributed by atoms with Gasteiger partial charge < -0.3 is 9.80 Å². The normalized spacial score (nSPS) is 19.2. The Bertz CT molecular complexity index is 983. The number of halogens is 3. The summed E-state index contributed by atoms with van der Waals surface area (Å²) in [4.78, 5) is 25.1. The Hall–Kier alpha value is -2.23. The Labute approximate surface area is 192 Å². The van der Waals surface area contributed by atoms with Crippen LogP contribution in [0.2, 0.25) is 0 Å². The first kappa shape index (κ1) is 23.9. The second kappa shape index (κ2) is 9.95. The third-order valence-electron chi connectivity index (χ3n) is 7.07. The van der Waals surface area contributed by atoms with Crippen LogP contribution in [0.1, 0.15) is 67.7 Å². The number of carbonyl (C=O) groups is 1. The predicted octanol–water partition coefficient (Wildman–Crippen LogP) is 3.81. The summed E-state index contributed by atoms with van der Waals surface area (Å²) in [6, 6.07) is 0. The lowest BCUT2D eigenvalue weighted by Gasteiger charge is -2.28. The molecule has 4 rings (SSSR count). The zero-order chi connectivity index (χ0) is 23.6. The van der Waals surface area contributed by atoms with E-state index in [1.54, 1.807) is 13.8 Å². The number of aryl methyl sites for hydroxylation is 2. The second-order valence-corrected chi connectivity index (χ2v) is 9.45. The van der Waals surface area contributed by atoms with Crippen LogP contribution in [0.3, 0.4) is 0 Å². The summed E-state index contributed by atoms with van der Waals surface area (Å²) in [5.74, 6) is -0.391. The summed E-state index contributed by atoms with van der Waals surface area (Å²) in [6.07, 6.45) is 3.77. The molecular weight excluding hydrogens is 433 g/mol. The lowest BCUT2D eigenvalue weighted by Crippen LogP contribution is -2.37. The molecule has 0 bridgehead atoms. The SMILES string of the molecule is Cc1nc2nc(C(F)(F)F)nn2c(C)c1CCC(=O)N1CCCN(CC2CCCCC2)CC1. The predicted molar refractivity (Wildman–Crippen MR) is 118 cm³/mol. The van der Waals surface area contributed by atoms with Crippen LogP contribution in [0.15, 0.2) is 0 Å². The van der Waals surface area contributed by atoms with Crippen LogP contribution in [0.5, 0.6) is 0 Å². The molecule has 0 aromatic carbocycles. The minimum atomic E-state index is -4.62. The molecule has 2 fully saturated rings. The summed E-state index contributed by atoms with van der Waals surface area (Å²) in [6.45, 7) is 8.02. The molecule has 0 unspecified atom stereocenters. The Morgan fingerprint density at radius 2 is 1.76 bits per heavy atom. The van der Waals surface area contributed by atoms with E-state index in [9.17, 15) is 18.0 Å². The van der Waals surface area contributed by atoms with Crippen molar-refractivity contribution in [1.29, 1.82) is 0 Å². The van der Waals surface area contributed by atoms with Crippen molar-refractivity contribution in [2.45, 2.75) is 71.4 Å².